The summed E-state index contributed by atoms with van der Waals surface area (Å²) in [7, 11) is 0. The van der Waals surface area contributed by atoms with Crippen LogP contribution in [0.15, 0.2) is 144 Å². The van der Waals surface area contributed by atoms with E-state index in [0.717, 1.165) is 44.3 Å². The maximum Gasteiger partial charge on any atom is 0.199 e. The average Bonchev–Trinajstić information content (AvgIpc) is 3.47. The van der Waals surface area contributed by atoms with E-state index in [1.165, 1.54) is 0 Å². The third-order valence-electron chi connectivity index (χ3n) is 6.76. The molecule has 0 aliphatic carbocycles. The summed E-state index contributed by atoms with van der Waals surface area (Å²) in [5, 5.41) is 1.01. The summed E-state index contributed by atoms with van der Waals surface area (Å²) in [5.74, 6) is 2.30. The zero-order valence-electron chi connectivity index (χ0n) is 21.0. The lowest BCUT2D eigenvalue weighted by molar-refractivity contribution is 0.625. The van der Waals surface area contributed by atoms with E-state index >= 15 is 0 Å². The van der Waals surface area contributed by atoms with E-state index in [-0.39, 0.29) is 0 Å². The van der Waals surface area contributed by atoms with E-state index in [1.807, 2.05) is 91.0 Å². The van der Waals surface area contributed by atoms with Crippen molar-refractivity contribution in [3.05, 3.63) is 140 Å². The molecule has 2 heterocycles. The second-order valence-electron chi connectivity index (χ2n) is 9.31. The molecule has 0 aliphatic rings. The van der Waals surface area contributed by atoms with Gasteiger partial charge < -0.3 is 4.42 Å². The van der Waals surface area contributed by atoms with Crippen LogP contribution >= 0.6 is 0 Å². The van der Waals surface area contributed by atoms with Gasteiger partial charge in [-0.05, 0) is 40.5 Å². The molecular formula is C35H23N3O. The molecule has 0 amide bonds. The van der Waals surface area contributed by atoms with Gasteiger partial charge in [-0.15, -0.1) is 0 Å². The molecule has 0 atom stereocenters. The van der Waals surface area contributed by atoms with Gasteiger partial charge in [0.2, 0.25) is 0 Å². The van der Waals surface area contributed by atoms with Gasteiger partial charge in [0.15, 0.2) is 23.2 Å². The standard InChI is InChI=1S/C35H23N3O/c1-3-12-24(13-4-1)26-17-11-18-28(22-26)33-36-34(30-20-9-8-19-29(30)25-14-5-2-6-15-25)38-35(37-33)32-23-27-16-7-10-21-31(27)39-32/h1-23H. The summed E-state index contributed by atoms with van der Waals surface area (Å²) >= 11 is 0. The van der Waals surface area contributed by atoms with Gasteiger partial charge in [-0.1, -0.05) is 121 Å². The minimum Gasteiger partial charge on any atom is -0.453 e. The molecule has 0 bridgehead atoms. The van der Waals surface area contributed by atoms with Crippen molar-refractivity contribution in [1.29, 1.82) is 0 Å². The van der Waals surface area contributed by atoms with Crippen LogP contribution in [-0.2, 0) is 0 Å². The van der Waals surface area contributed by atoms with Gasteiger partial charge in [-0.25, -0.2) is 15.0 Å². The average molecular weight is 502 g/mol. The fourth-order valence-corrected chi connectivity index (χ4v) is 4.84. The Labute approximate surface area is 226 Å². The molecule has 4 nitrogen and oxygen atoms in total. The van der Waals surface area contributed by atoms with Gasteiger partial charge >= 0.3 is 0 Å². The molecule has 0 spiro atoms. The minimum atomic E-state index is 0.499. The van der Waals surface area contributed by atoms with Crippen molar-refractivity contribution in [2.75, 3.05) is 0 Å². The van der Waals surface area contributed by atoms with Gasteiger partial charge in [0.1, 0.15) is 5.58 Å². The third kappa shape index (κ3) is 4.49. The molecule has 0 fully saturated rings. The van der Waals surface area contributed by atoms with Crippen molar-refractivity contribution < 1.29 is 4.42 Å². The first-order valence-corrected chi connectivity index (χ1v) is 12.9. The quantitative estimate of drug-likeness (QED) is 0.236. The first kappa shape index (κ1) is 22.8. The lowest BCUT2D eigenvalue weighted by atomic mass is 9.99. The Morgan fingerprint density at radius 2 is 0.974 bits per heavy atom. The number of furan rings is 1. The maximum atomic E-state index is 6.19. The fraction of sp³-hybridized carbons (Fsp3) is 0. The molecule has 7 aromatic rings. The number of nitrogens with zero attached hydrogens (tertiary/aromatic N) is 3. The second-order valence-corrected chi connectivity index (χ2v) is 9.31. The van der Waals surface area contributed by atoms with Crippen LogP contribution in [0.25, 0.3) is 67.6 Å². The van der Waals surface area contributed by atoms with Crippen LogP contribution in [0.2, 0.25) is 0 Å². The molecule has 2 aromatic heterocycles. The number of aromatic nitrogens is 3. The van der Waals surface area contributed by atoms with Crippen LogP contribution in [-0.4, -0.2) is 15.0 Å². The van der Waals surface area contributed by atoms with Crippen molar-refractivity contribution in [1.82, 2.24) is 15.0 Å². The van der Waals surface area contributed by atoms with Gasteiger partial charge in [0.25, 0.3) is 0 Å². The van der Waals surface area contributed by atoms with E-state index in [0.29, 0.717) is 23.2 Å². The Balaban J connectivity index is 1.44. The summed E-state index contributed by atoms with van der Waals surface area (Å²) in [6.07, 6.45) is 0. The molecule has 39 heavy (non-hydrogen) atoms. The Morgan fingerprint density at radius 3 is 1.77 bits per heavy atom. The topological polar surface area (TPSA) is 51.8 Å². The van der Waals surface area contributed by atoms with Crippen LogP contribution in [0.3, 0.4) is 0 Å². The number of fused-ring (bicyclic) bond motifs is 1. The monoisotopic (exact) mass is 501 g/mol. The molecule has 0 N–H and O–H groups in total. The summed E-state index contributed by atoms with van der Waals surface area (Å²) in [6.45, 7) is 0. The highest BCUT2D eigenvalue weighted by Gasteiger charge is 2.18. The van der Waals surface area contributed by atoms with Crippen molar-refractivity contribution >= 4 is 11.0 Å². The number of hydrogen-bond donors (Lipinski definition) is 0. The highest BCUT2D eigenvalue weighted by Crippen LogP contribution is 2.34. The van der Waals surface area contributed by atoms with Crippen molar-refractivity contribution in [2.45, 2.75) is 0 Å². The Hall–Kier alpha value is -5.35. The summed E-state index contributed by atoms with van der Waals surface area (Å²) in [5.41, 5.74) is 7.05. The van der Waals surface area contributed by atoms with E-state index in [2.05, 4.69) is 48.5 Å². The highest BCUT2D eigenvalue weighted by atomic mass is 16.3. The normalized spacial score (nSPS) is 11.1. The molecule has 0 saturated heterocycles. The van der Waals surface area contributed by atoms with E-state index in [9.17, 15) is 0 Å². The van der Waals surface area contributed by atoms with Gasteiger partial charge in [0, 0.05) is 16.5 Å². The van der Waals surface area contributed by atoms with Crippen LogP contribution in [0.4, 0.5) is 0 Å². The number of rotatable bonds is 5. The van der Waals surface area contributed by atoms with Crippen LogP contribution in [0.5, 0.6) is 0 Å². The first-order valence-electron chi connectivity index (χ1n) is 12.9. The van der Waals surface area contributed by atoms with Gasteiger partial charge in [0.05, 0.1) is 0 Å². The Kier molecular flexibility index (Phi) is 5.76. The molecule has 5 aromatic carbocycles. The van der Waals surface area contributed by atoms with Crippen molar-refractivity contribution in [3.8, 4) is 56.6 Å². The maximum absolute atomic E-state index is 6.19. The van der Waals surface area contributed by atoms with Gasteiger partial charge in [-0.3, -0.25) is 0 Å². The molecule has 0 radical (unpaired) electrons. The molecular weight excluding hydrogens is 478 g/mol. The molecule has 0 aliphatic heterocycles. The lowest BCUT2D eigenvalue weighted by Gasteiger charge is -2.11. The number of benzene rings is 5. The van der Waals surface area contributed by atoms with E-state index < -0.39 is 0 Å². The second kappa shape index (κ2) is 9.84. The predicted molar refractivity (Wildman–Crippen MR) is 157 cm³/mol. The minimum absolute atomic E-state index is 0.499. The van der Waals surface area contributed by atoms with Crippen LogP contribution in [0, 0.1) is 0 Å². The zero-order valence-corrected chi connectivity index (χ0v) is 21.0. The molecule has 4 heteroatoms. The van der Waals surface area contributed by atoms with E-state index in [1.54, 1.807) is 0 Å². The Bertz CT molecular complexity index is 1880. The number of para-hydroxylation sites is 1. The lowest BCUT2D eigenvalue weighted by Crippen LogP contribution is -2.00. The van der Waals surface area contributed by atoms with Crippen molar-refractivity contribution in [3.63, 3.8) is 0 Å². The predicted octanol–water partition coefficient (Wildman–Crippen LogP) is 8.95. The number of hydrogen-bond acceptors (Lipinski definition) is 4. The summed E-state index contributed by atoms with van der Waals surface area (Å²) in [6, 6.07) is 47.1. The zero-order chi connectivity index (χ0) is 26.0. The first-order chi connectivity index (χ1) is 19.3. The van der Waals surface area contributed by atoms with Crippen LogP contribution < -0.4 is 0 Å². The SMILES string of the molecule is c1ccc(-c2cccc(-c3nc(-c4cc5ccccc5o4)nc(-c4ccccc4-c4ccccc4)n3)c2)cc1. The smallest absolute Gasteiger partial charge is 0.199 e. The molecule has 0 unspecified atom stereocenters. The molecule has 7 rings (SSSR count). The largest absolute Gasteiger partial charge is 0.453 e. The Morgan fingerprint density at radius 1 is 0.385 bits per heavy atom. The summed E-state index contributed by atoms with van der Waals surface area (Å²) in [4.78, 5) is 14.9. The fourth-order valence-electron chi connectivity index (χ4n) is 4.84. The van der Waals surface area contributed by atoms with Crippen LogP contribution in [0.1, 0.15) is 0 Å². The molecule has 184 valence electrons. The van der Waals surface area contributed by atoms with E-state index in [4.69, 9.17) is 19.4 Å². The third-order valence-corrected chi connectivity index (χ3v) is 6.76. The molecule has 0 saturated carbocycles. The van der Waals surface area contributed by atoms with Gasteiger partial charge in [-0.2, -0.15) is 0 Å². The summed E-state index contributed by atoms with van der Waals surface area (Å²) < 4.78 is 6.19. The highest BCUT2D eigenvalue weighted by molar-refractivity contribution is 5.84. The van der Waals surface area contributed by atoms with Crippen molar-refractivity contribution in [2.24, 2.45) is 0 Å².